The number of fused-ring (bicyclic) bond motifs is 2. The minimum absolute atomic E-state index is 0. The average Bonchev–Trinajstić information content (AvgIpc) is 2.88. The summed E-state index contributed by atoms with van der Waals surface area (Å²) in [4.78, 5) is 14.5. The largest absolute Gasteiger partial charge is 0.375 e. The molecule has 2 saturated carbocycles. The van der Waals surface area contributed by atoms with Crippen LogP contribution in [0.3, 0.4) is 0 Å². The Kier molecular flexibility index (Phi) is 4.19. The van der Waals surface area contributed by atoms with E-state index in [0.717, 1.165) is 13.1 Å². The molecule has 5 unspecified atom stereocenters. The molecule has 2 bridgehead atoms. The zero-order valence-electron chi connectivity index (χ0n) is 10.9. The molecule has 3 aliphatic rings. The molecule has 4 nitrogen and oxygen atoms in total. The molecule has 1 aliphatic heterocycles. The van der Waals surface area contributed by atoms with Gasteiger partial charge in [0.05, 0.1) is 18.6 Å². The topological polar surface area (TPSA) is 55.6 Å². The van der Waals surface area contributed by atoms with E-state index in [1.165, 1.54) is 19.3 Å². The van der Waals surface area contributed by atoms with Crippen LogP contribution in [0.15, 0.2) is 0 Å². The van der Waals surface area contributed by atoms with E-state index < -0.39 is 0 Å². The van der Waals surface area contributed by atoms with Gasteiger partial charge in [0.15, 0.2) is 0 Å². The van der Waals surface area contributed by atoms with E-state index in [-0.39, 0.29) is 30.5 Å². The molecule has 0 aromatic carbocycles. The summed E-state index contributed by atoms with van der Waals surface area (Å²) >= 11 is 0. The monoisotopic (exact) mass is 274 g/mol. The predicted molar refractivity (Wildman–Crippen MR) is 71.5 cm³/mol. The van der Waals surface area contributed by atoms with E-state index in [0.29, 0.717) is 24.3 Å². The normalized spacial score (nSPS) is 42.8. The van der Waals surface area contributed by atoms with Crippen molar-refractivity contribution in [1.82, 2.24) is 4.90 Å². The van der Waals surface area contributed by atoms with E-state index in [1.807, 2.05) is 11.8 Å². The molecule has 5 heteroatoms. The average molecular weight is 275 g/mol. The minimum atomic E-state index is 0. The Bertz CT molecular complexity index is 324. The number of carbonyl (C=O) groups excluding carboxylic acids is 1. The van der Waals surface area contributed by atoms with Crippen molar-refractivity contribution in [2.24, 2.45) is 23.5 Å². The quantitative estimate of drug-likeness (QED) is 0.777. The maximum absolute atomic E-state index is 12.5. The van der Waals surface area contributed by atoms with E-state index >= 15 is 0 Å². The van der Waals surface area contributed by atoms with Gasteiger partial charge < -0.3 is 15.4 Å². The fourth-order valence-electron chi connectivity index (χ4n) is 3.93. The van der Waals surface area contributed by atoms with Gasteiger partial charge in [-0.3, -0.25) is 4.79 Å². The highest BCUT2D eigenvalue weighted by atomic mass is 35.5. The zero-order chi connectivity index (χ0) is 12.0. The summed E-state index contributed by atoms with van der Waals surface area (Å²) in [7, 11) is 0. The number of hydrogen-bond donors (Lipinski definition) is 1. The van der Waals surface area contributed by atoms with Crippen LogP contribution in [0.25, 0.3) is 0 Å². The smallest absolute Gasteiger partial charge is 0.227 e. The third kappa shape index (κ3) is 2.26. The van der Waals surface area contributed by atoms with Gasteiger partial charge in [-0.05, 0) is 38.0 Å². The van der Waals surface area contributed by atoms with Crippen LogP contribution in [-0.2, 0) is 9.53 Å². The van der Waals surface area contributed by atoms with Gasteiger partial charge in [-0.15, -0.1) is 12.4 Å². The second kappa shape index (κ2) is 5.35. The van der Waals surface area contributed by atoms with Crippen LogP contribution in [0, 0.1) is 17.8 Å². The number of ether oxygens (including phenoxy) is 1. The van der Waals surface area contributed by atoms with Crippen molar-refractivity contribution in [3.63, 3.8) is 0 Å². The molecule has 5 atom stereocenters. The van der Waals surface area contributed by atoms with Crippen molar-refractivity contribution in [1.29, 1.82) is 0 Å². The number of nitrogens with zero attached hydrogens (tertiary/aromatic N) is 1. The highest BCUT2D eigenvalue weighted by molar-refractivity contribution is 5.85. The lowest BCUT2D eigenvalue weighted by Gasteiger charge is -2.36. The standard InChI is InChI=1S/C13H22N2O2.ClH/c1-8-7-15(4-5-17-8)13(16)11-9-2-3-10(6-9)12(11)14;/h8-12H,2-7,14H2,1H3;1H. The predicted octanol–water partition coefficient (Wildman–Crippen LogP) is 1.03. The van der Waals surface area contributed by atoms with Gasteiger partial charge in [0.1, 0.15) is 0 Å². The van der Waals surface area contributed by atoms with Gasteiger partial charge in [0.2, 0.25) is 5.91 Å². The summed E-state index contributed by atoms with van der Waals surface area (Å²) in [5, 5.41) is 0. The lowest BCUT2D eigenvalue weighted by molar-refractivity contribution is -0.144. The van der Waals surface area contributed by atoms with Crippen LogP contribution in [0.2, 0.25) is 0 Å². The number of halogens is 1. The lowest BCUT2D eigenvalue weighted by Crippen LogP contribution is -2.51. The first-order valence-electron chi connectivity index (χ1n) is 6.83. The first kappa shape index (κ1) is 14.1. The van der Waals surface area contributed by atoms with Gasteiger partial charge in [-0.25, -0.2) is 0 Å². The van der Waals surface area contributed by atoms with Crippen LogP contribution in [-0.4, -0.2) is 42.6 Å². The van der Waals surface area contributed by atoms with Crippen molar-refractivity contribution < 1.29 is 9.53 Å². The molecule has 1 heterocycles. The summed E-state index contributed by atoms with van der Waals surface area (Å²) in [6.07, 6.45) is 3.78. The van der Waals surface area contributed by atoms with Gasteiger partial charge >= 0.3 is 0 Å². The molecule has 104 valence electrons. The Hall–Kier alpha value is -0.320. The molecular formula is C13H23ClN2O2. The summed E-state index contributed by atoms with van der Waals surface area (Å²) in [5.41, 5.74) is 6.23. The maximum atomic E-state index is 12.5. The van der Waals surface area contributed by atoms with Crippen molar-refractivity contribution in [2.75, 3.05) is 19.7 Å². The highest BCUT2D eigenvalue weighted by Gasteiger charge is 2.50. The summed E-state index contributed by atoms with van der Waals surface area (Å²) < 4.78 is 5.48. The molecule has 0 spiro atoms. The molecule has 3 fully saturated rings. The number of carbonyl (C=O) groups is 1. The number of morpholine rings is 1. The van der Waals surface area contributed by atoms with Crippen LogP contribution in [0.5, 0.6) is 0 Å². The second-order valence-electron chi connectivity index (χ2n) is 5.90. The number of hydrogen-bond acceptors (Lipinski definition) is 3. The van der Waals surface area contributed by atoms with Crippen LogP contribution in [0.4, 0.5) is 0 Å². The third-order valence-electron chi connectivity index (χ3n) is 4.82. The fourth-order valence-corrected chi connectivity index (χ4v) is 3.93. The Morgan fingerprint density at radius 1 is 1.33 bits per heavy atom. The number of amides is 1. The van der Waals surface area contributed by atoms with Gasteiger partial charge in [-0.2, -0.15) is 0 Å². The molecule has 3 rings (SSSR count). The summed E-state index contributed by atoms with van der Waals surface area (Å²) in [6, 6.07) is 0.111. The van der Waals surface area contributed by atoms with Crippen LogP contribution >= 0.6 is 12.4 Å². The molecular weight excluding hydrogens is 252 g/mol. The summed E-state index contributed by atoms with van der Waals surface area (Å²) in [5.74, 6) is 1.55. The number of rotatable bonds is 1. The molecule has 1 saturated heterocycles. The first-order valence-corrected chi connectivity index (χ1v) is 6.83. The summed E-state index contributed by atoms with van der Waals surface area (Å²) in [6.45, 7) is 4.17. The van der Waals surface area contributed by atoms with Gasteiger partial charge in [-0.1, -0.05) is 0 Å². The molecule has 0 aromatic rings. The first-order chi connectivity index (χ1) is 8.16. The Morgan fingerprint density at radius 3 is 2.67 bits per heavy atom. The number of nitrogens with two attached hydrogens (primary N) is 1. The fraction of sp³-hybridized carbons (Fsp3) is 0.923. The van der Waals surface area contributed by atoms with E-state index in [4.69, 9.17) is 10.5 Å². The van der Waals surface area contributed by atoms with Crippen molar-refractivity contribution in [3.8, 4) is 0 Å². The molecule has 18 heavy (non-hydrogen) atoms. The molecule has 2 aliphatic carbocycles. The highest BCUT2D eigenvalue weighted by Crippen LogP contribution is 2.48. The van der Waals surface area contributed by atoms with E-state index in [1.54, 1.807) is 0 Å². The Morgan fingerprint density at radius 2 is 2.06 bits per heavy atom. The van der Waals surface area contributed by atoms with Crippen molar-refractivity contribution >= 4 is 18.3 Å². The minimum Gasteiger partial charge on any atom is -0.375 e. The van der Waals surface area contributed by atoms with Crippen LogP contribution in [0.1, 0.15) is 26.2 Å². The second-order valence-corrected chi connectivity index (χ2v) is 5.90. The molecule has 2 N–H and O–H groups in total. The van der Waals surface area contributed by atoms with Gasteiger partial charge in [0, 0.05) is 19.1 Å². The molecule has 0 aromatic heterocycles. The Labute approximate surface area is 115 Å². The SMILES string of the molecule is CC1CN(C(=O)C2C3CCC(C3)C2N)CCO1.Cl. The van der Waals surface area contributed by atoms with Crippen molar-refractivity contribution in [2.45, 2.75) is 38.3 Å². The van der Waals surface area contributed by atoms with Crippen LogP contribution < -0.4 is 5.73 Å². The Balaban J connectivity index is 0.00000120. The third-order valence-corrected chi connectivity index (χ3v) is 4.82. The van der Waals surface area contributed by atoms with Gasteiger partial charge in [0.25, 0.3) is 0 Å². The maximum Gasteiger partial charge on any atom is 0.227 e. The molecule has 1 amide bonds. The lowest BCUT2D eigenvalue weighted by atomic mass is 9.84. The zero-order valence-corrected chi connectivity index (χ0v) is 11.7. The van der Waals surface area contributed by atoms with Crippen molar-refractivity contribution in [3.05, 3.63) is 0 Å². The van der Waals surface area contributed by atoms with E-state index in [9.17, 15) is 4.79 Å². The molecule has 0 radical (unpaired) electrons. The van der Waals surface area contributed by atoms with E-state index in [2.05, 4.69) is 0 Å².